The maximum absolute atomic E-state index is 5.92. The van der Waals surface area contributed by atoms with Crippen LogP contribution in [0.4, 0.5) is 0 Å². The summed E-state index contributed by atoms with van der Waals surface area (Å²) in [7, 11) is 3.26. The van der Waals surface area contributed by atoms with E-state index in [0.717, 1.165) is 15.8 Å². The highest BCUT2D eigenvalue weighted by Gasteiger charge is 2.13. The molecule has 0 spiro atoms. The number of rotatable bonds is 4. The number of para-hydroxylation sites is 1. The van der Waals surface area contributed by atoms with E-state index in [1.165, 1.54) is 0 Å². The van der Waals surface area contributed by atoms with E-state index in [2.05, 4.69) is 15.9 Å². The molecule has 1 unspecified atom stereocenters. The second kappa shape index (κ2) is 5.34. The third-order valence-corrected chi connectivity index (χ3v) is 2.57. The van der Waals surface area contributed by atoms with Crippen molar-refractivity contribution < 1.29 is 9.47 Å². The van der Waals surface area contributed by atoms with Gasteiger partial charge in [-0.1, -0.05) is 12.1 Å². The Morgan fingerprint density at radius 1 is 1.43 bits per heavy atom. The van der Waals surface area contributed by atoms with Crippen LogP contribution in [0.3, 0.4) is 0 Å². The second-order valence-electron chi connectivity index (χ2n) is 2.92. The van der Waals surface area contributed by atoms with Crippen LogP contribution in [0.1, 0.15) is 11.6 Å². The zero-order chi connectivity index (χ0) is 10.6. The first-order valence-corrected chi connectivity index (χ1v) is 5.07. The van der Waals surface area contributed by atoms with E-state index >= 15 is 0 Å². The van der Waals surface area contributed by atoms with Crippen molar-refractivity contribution in [1.29, 1.82) is 0 Å². The van der Waals surface area contributed by atoms with Gasteiger partial charge in [-0.3, -0.25) is 0 Å². The van der Waals surface area contributed by atoms with Crippen molar-refractivity contribution in [3.63, 3.8) is 0 Å². The zero-order valence-electron chi connectivity index (χ0n) is 8.29. The van der Waals surface area contributed by atoms with E-state index in [0.29, 0.717) is 6.61 Å². The summed E-state index contributed by atoms with van der Waals surface area (Å²) in [5, 5.41) is 0. The van der Waals surface area contributed by atoms with Gasteiger partial charge in [0.25, 0.3) is 0 Å². The Hall–Kier alpha value is -0.580. The molecule has 1 aromatic rings. The molecule has 0 radical (unpaired) electrons. The molecule has 0 aliphatic heterocycles. The summed E-state index contributed by atoms with van der Waals surface area (Å²) in [6.07, 6.45) is 0. The Morgan fingerprint density at radius 3 is 2.71 bits per heavy atom. The summed E-state index contributed by atoms with van der Waals surface area (Å²) in [6.45, 7) is 0.479. The molecule has 4 heteroatoms. The normalized spacial score (nSPS) is 12.6. The van der Waals surface area contributed by atoms with E-state index < -0.39 is 0 Å². The fourth-order valence-corrected chi connectivity index (χ4v) is 1.85. The van der Waals surface area contributed by atoms with Gasteiger partial charge in [-0.05, 0) is 22.0 Å². The Kier molecular flexibility index (Phi) is 4.38. The zero-order valence-corrected chi connectivity index (χ0v) is 9.87. The largest absolute Gasteiger partial charge is 0.495 e. The lowest BCUT2D eigenvalue weighted by Crippen LogP contribution is -2.17. The standard InChI is InChI=1S/C10H14BrNO2/c1-13-6-9(12)7-4-3-5-8(11)10(7)14-2/h3-5,9H,6,12H2,1-2H3. The average molecular weight is 260 g/mol. The molecule has 0 aliphatic carbocycles. The molecule has 0 saturated heterocycles. The molecule has 1 rings (SSSR count). The van der Waals surface area contributed by atoms with Crippen molar-refractivity contribution in [2.45, 2.75) is 6.04 Å². The van der Waals surface area contributed by atoms with Crippen molar-refractivity contribution in [1.82, 2.24) is 0 Å². The fraction of sp³-hybridized carbons (Fsp3) is 0.400. The Morgan fingerprint density at radius 2 is 2.14 bits per heavy atom. The number of benzene rings is 1. The first-order valence-electron chi connectivity index (χ1n) is 4.27. The van der Waals surface area contributed by atoms with Crippen LogP contribution in [-0.4, -0.2) is 20.8 Å². The van der Waals surface area contributed by atoms with E-state index in [1.807, 2.05) is 18.2 Å². The first kappa shape index (κ1) is 11.5. The molecule has 0 saturated carbocycles. The summed E-state index contributed by atoms with van der Waals surface area (Å²) in [5.41, 5.74) is 6.87. The van der Waals surface area contributed by atoms with Crippen molar-refractivity contribution in [3.05, 3.63) is 28.2 Å². The molecule has 0 heterocycles. The van der Waals surface area contributed by atoms with Crippen LogP contribution in [-0.2, 0) is 4.74 Å². The lowest BCUT2D eigenvalue weighted by molar-refractivity contribution is 0.179. The number of hydrogen-bond donors (Lipinski definition) is 1. The minimum atomic E-state index is -0.160. The molecule has 1 aromatic carbocycles. The summed E-state index contributed by atoms with van der Waals surface area (Å²) in [4.78, 5) is 0. The van der Waals surface area contributed by atoms with Crippen molar-refractivity contribution >= 4 is 15.9 Å². The van der Waals surface area contributed by atoms with E-state index in [-0.39, 0.29) is 6.04 Å². The quantitative estimate of drug-likeness (QED) is 0.901. The predicted octanol–water partition coefficient (Wildman–Crippen LogP) is 2.10. The van der Waals surface area contributed by atoms with Gasteiger partial charge in [0.05, 0.1) is 24.2 Å². The lowest BCUT2D eigenvalue weighted by atomic mass is 10.1. The van der Waals surface area contributed by atoms with Crippen LogP contribution in [0.2, 0.25) is 0 Å². The van der Waals surface area contributed by atoms with E-state index in [9.17, 15) is 0 Å². The summed E-state index contributed by atoms with van der Waals surface area (Å²) in [5.74, 6) is 0.775. The highest BCUT2D eigenvalue weighted by molar-refractivity contribution is 9.10. The number of ether oxygens (including phenoxy) is 2. The van der Waals surface area contributed by atoms with Gasteiger partial charge in [0.15, 0.2) is 0 Å². The third-order valence-electron chi connectivity index (χ3n) is 1.95. The number of nitrogens with two attached hydrogens (primary N) is 1. The molecule has 0 aromatic heterocycles. The average Bonchev–Trinajstić information content (AvgIpc) is 2.17. The van der Waals surface area contributed by atoms with Crippen LogP contribution in [0, 0.1) is 0 Å². The minimum Gasteiger partial charge on any atom is -0.495 e. The van der Waals surface area contributed by atoms with Crippen molar-refractivity contribution in [3.8, 4) is 5.75 Å². The van der Waals surface area contributed by atoms with Gasteiger partial charge in [-0.25, -0.2) is 0 Å². The van der Waals surface area contributed by atoms with Crippen LogP contribution >= 0.6 is 15.9 Å². The molecule has 1 atom stereocenters. The molecule has 0 bridgehead atoms. The van der Waals surface area contributed by atoms with Crippen molar-refractivity contribution in [2.75, 3.05) is 20.8 Å². The molecule has 78 valence electrons. The van der Waals surface area contributed by atoms with Gasteiger partial charge in [0, 0.05) is 12.7 Å². The summed E-state index contributed by atoms with van der Waals surface area (Å²) < 4.78 is 11.2. The van der Waals surface area contributed by atoms with E-state index in [1.54, 1.807) is 14.2 Å². The lowest BCUT2D eigenvalue weighted by Gasteiger charge is -2.15. The molecular weight excluding hydrogens is 246 g/mol. The SMILES string of the molecule is COCC(N)c1cccc(Br)c1OC. The Labute approximate surface area is 92.3 Å². The second-order valence-corrected chi connectivity index (χ2v) is 3.78. The van der Waals surface area contributed by atoms with Gasteiger partial charge in [0.2, 0.25) is 0 Å². The third kappa shape index (κ3) is 2.47. The highest BCUT2D eigenvalue weighted by atomic mass is 79.9. The van der Waals surface area contributed by atoms with Gasteiger partial charge in [0.1, 0.15) is 5.75 Å². The molecule has 2 N–H and O–H groups in total. The first-order chi connectivity index (χ1) is 6.70. The van der Waals surface area contributed by atoms with Gasteiger partial charge in [-0.15, -0.1) is 0 Å². The molecule has 0 fully saturated rings. The number of hydrogen-bond acceptors (Lipinski definition) is 3. The van der Waals surface area contributed by atoms with Crippen LogP contribution in [0.25, 0.3) is 0 Å². The van der Waals surface area contributed by atoms with Crippen LogP contribution < -0.4 is 10.5 Å². The van der Waals surface area contributed by atoms with Crippen molar-refractivity contribution in [2.24, 2.45) is 5.73 Å². The maximum atomic E-state index is 5.92. The van der Waals surface area contributed by atoms with E-state index in [4.69, 9.17) is 15.2 Å². The molecule has 0 amide bonds. The van der Waals surface area contributed by atoms with Crippen LogP contribution in [0.5, 0.6) is 5.75 Å². The Balaban J connectivity index is 3.00. The fourth-order valence-electron chi connectivity index (χ4n) is 1.30. The van der Waals surface area contributed by atoms with Gasteiger partial charge in [-0.2, -0.15) is 0 Å². The summed E-state index contributed by atoms with van der Waals surface area (Å²) >= 11 is 3.41. The topological polar surface area (TPSA) is 44.5 Å². The monoisotopic (exact) mass is 259 g/mol. The van der Waals surface area contributed by atoms with Gasteiger partial charge >= 0.3 is 0 Å². The molecule has 0 aliphatic rings. The molecule has 3 nitrogen and oxygen atoms in total. The van der Waals surface area contributed by atoms with Crippen LogP contribution in [0.15, 0.2) is 22.7 Å². The highest BCUT2D eigenvalue weighted by Crippen LogP contribution is 2.31. The number of halogens is 1. The molecular formula is C10H14BrNO2. The molecule has 14 heavy (non-hydrogen) atoms. The Bertz CT molecular complexity index is 304. The summed E-state index contributed by atoms with van der Waals surface area (Å²) in [6, 6.07) is 5.62. The number of methoxy groups -OCH3 is 2. The predicted molar refractivity (Wildman–Crippen MR) is 59.5 cm³/mol. The minimum absolute atomic E-state index is 0.160. The maximum Gasteiger partial charge on any atom is 0.137 e. The smallest absolute Gasteiger partial charge is 0.137 e. The van der Waals surface area contributed by atoms with Gasteiger partial charge < -0.3 is 15.2 Å².